The number of hydrogen-bond donors (Lipinski definition) is 3. The van der Waals surface area contributed by atoms with Crippen molar-refractivity contribution in [3.05, 3.63) is 34.3 Å². The van der Waals surface area contributed by atoms with E-state index in [4.69, 9.17) is 16.7 Å². The van der Waals surface area contributed by atoms with Gasteiger partial charge < -0.3 is 10.4 Å². The second kappa shape index (κ2) is 4.08. The van der Waals surface area contributed by atoms with Crippen molar-refractivity contribution < 1.29 is 9.90 Å². The van der Waals surface area contributed by atoms with Crippen LogP contribution in [0.4, 0.5) is 4.79 Å². The molecule has 0 saturated heterocycles. The van der Waals surface area contributed by atoms with Gasteiger partial charge in [0.15, 0.2) is 0 Å². The maximum absolute atomic E-state index is 10.6. The van der Waals surface area contributed by atoms with E-state index in [0.717, 1.165) is 24.1 Å². The number of rotatable bonds is 1. The van der Waals surface area contributed by atoms with Crippen LogP contribution in [-0.2, 0) is 6.42 Å². The number of amides is 1. The Morgan fingerprint density at radius 3 is 3.13 bits per heavy atom. The van der Waals surface area contributed by atoms with Gasteiger partial charge in [0.25, 0.3) is 0 Å². The average Bonchev–Trinajstić information content (AvgIpc) is 2.16. The highest BCUT2D eigenvalue weighted by Gasteiger charge is 2.20. The lowest BCUT2D eigenvalue weighted by molar-refractivity contribution is 0.186. The van der Waals surface area contributed by atoms with Gasteiger partial charge in [-0.1, -0.05) is 17.7 Å². The van der Waals surface area contributed by atoms with Crippen LogP contribution >= 0.6 is 11.6 Å². The average molecular weight is 227 g/mol. The highest BCUT2D eigenvalue weighted by atomic mass is 35.5. The highest BCUT2D eigenvalue weighted by molar-refractivity contribution is 6.30. The van der Waals surface area contributed by atoms with Crippen LogP contribution in [0.3, 0.4) is 0 Å². The van der Waals surface area contributed by atoms with Crippen molar-refractivity contribution >= 4 is 17.7 Å². The van der Waals surface area contributed by atoms with Gasteiger partial charge in [-0.15, -0.1) is 0 Å². The van der Waals surface area contributed by atoms with Gasteiger partial charge in [0.2, 0.25) is 0 Å². The Bertz CT molecular complexity index is 395. The molecule has 15 heavy (non-hydrogen) atoms. The molecule has 0 aromatic heterocycles. The normalized spacial score (nSPS) is 19.4. The van der Waals surface area contributed by atoms with Crippen LogP contribution in [0, 0.1) is 0 Å². The summed E-state index contributed by atoms with van der Waals surface area (Å²) in [5.41, 5.74) is 2.05. The molecule has 5 heteroatoms. The van der Waals surface area contributed by atoms with Crippen LogP contribution in [0.1, 0.15) is 17.3 Å². The lowest BCUT2D eigenvalue weighted by Crippen LogP contribution is -2.41. The summed E-state index contributed by atoms with van der Waals surface area (Å²) >= 11 is 5.87. The predicted octanol–water partition coefficient (Wildman–Crippen LogP) is 1.75. The predicted molar refractivity (Wildman–Crippen MR) is 57.1 cm³/mol. The van der Waals surface area contributed by atoms with Crippen molar-refractivity contribution in [1.29, 1.82) is 0 Å². The molecule has 3 N–H and O–H groups in total. The first kappa shape index (κ1) is 10.3. The number of carbonyl (C=O) groups is 1. The molecule has 0 radical (unpaired) electrons. The minimum Gasteiger partial charge on any atom is -0.465 e. The molecular weight excluding hydrogens is 216 g/mol. The minimum atomic E-state index is -1.03. The fourth-order valence-corrected chi connectivity index (χ4v) is 1.98. The minimum absolute atomic E-state index is 0.330. The van der Waals surface area contributed by atoms with Crippen LogP contribution < -0.4 is 10.6 Å². The molecule has 1 aliphatic heterocycles. The largest absolute Gasteiger partial charge is 0.465 e. The summed E-state index contributed by atoms with van der Waals surface area (Å²) in [6.07, 6.45) is -0.493. The van der Waals surface area contributed by atoms with E-state index in [1.54, 1.807) is 6.07 Å². The monoisotopic (exact) mass is 226 g/mol. The summed E-state index contributed by atoms with van der Waals surface area (Å²) in [5, 5.41) is 14.9. The molecule has 1 amide bonds. The van der Waals surface area contributed by atoms with Crippen LogP contribution in [0.5, 0.6) is 0 Å². The van der Waals surface area contributed by atoms with Crippen molar-refractivity contribution in [2.75, 3.05) is 6.54 Å². The van der Waals surface area contributed by atoms with E-state index in [2.05, 4.69) is 10.6 Å². The number of carboxylic acid groups (broad SMARTS) is 1. The van der Waals surface area contributed by atoms with E-state index < -0.39 is 6.09 Å². The zero-order chi connectivity index (χ0) is 10.8. The van der Waals surface area contributed by atoms with Gasteiger partial charge in [-0.05, 0) is 29.7 Å². The van der Waals surface area contributed by atoms with Crippen molar-refractivity contribution in [2.45, 2.75) is 12.6 Å². The second-order valence-electron chi connectivity index (χ2n) is 3.43. The second-order valence-corrected chi connectivity index (χ2v) is 3.87. The molecule has 80 valence electrons. The topological polar surface area (TPSA) is 61.4 Å². The van der Waals surface area contributed by atoms with Crippen molar-refractivity contribution in [3.8, 4) is 0 Å². The first-order valence-corrected chi connectivity index (χ1v) is 5.06. The number of halogens is 1. The van der Waals surface area contributed by atoms with Gasteiger partial charge in [-0.25, -0.2) is 4.79 Å². The van der Waals surface area contributed by atoms with Gasteiger partial charge in [0.1, 0.15) is 6.17 Å². The molecule has 1 heterocycles. The maximum Gasteiger partial charge on any atom is 0.406 e. The molecule has 0 fully saturated rings. The molecule has 0 aliphatic carbocycles. The van der Waals surface area contributed by atoms with Crippen LogP contribution in [0.15, 0.2) is 18.2 Å². The van der Waals surface area contributed by atoms with E-state index in [9.17, 15) is 4.79 Å². The number of fused-ring (bicyclic) bond motifs is 1. The van der Waals surface area contributed by atoms with E-state index in [1.807, 2.05) is 12.1 Å². The van der Waals surface area contributed by atoms with E-state index in [-0.39, 0.29) is 6.17 Å². The van der Waals surface area contributed by atoms with Gasteiger partial charge in [-0.2, -0.15) is 0 Å². The summed E-state index contributed by atoms with van der Waals surface area (Å²) in [4.78, 5) is 10.6. The molecule has 0 saturated carbocycles. The Morgan fingerprint density at radius 2 is 2.40 bits per heavy atom. The fourth-order valence-electron chi connectivity index (χ4n) is 1.79. The smallest absolute Gasteiger partial charge is 0.406 e. The number of hydrogen-bond acceptors (Lipinski definition) is 2. The Labute approximate surface area is 92.2 Å². The zero-order valence-electron chi connectivity index (χ0n) is 7.96. The fraction of sp³-hybridized carbons (Fsp3) is 0.300. The van der Waals surface area contributed by atoms with Crippen molar-refractivity contribution in [1.82, 2.24) is 10.6 Å². The Balaban J connectivity index is 2.30. The van der Waals surface area contributed by atoms with E-state index in [1.165, 1.54) is 0 Å². The third-order valence-electron chi connectivity index (χ3n) is 2.43. The van der Waals surface area contributed by atoms with Crippen LogP contribution in [0.2, 0.25) is 5.02 Å². The molecule has 1 atom stereocenters. The molecule has 1 unspecified atom stereocenters. The molecular formula is C10H11ClN2O2. The van der Waals surface area contributed by atoms with Gasteiger partial charge in [0, 0.05) is 11.6 Å². The Kier molecular flexibility index (Phi) is 2.79. The third-order valence-corrected chi connectivity index (χ3v) is 2.66. The Hall–Kier alpha value is -1.26. The molecule has 0 spiro atoms. The summed E-state index contributed by atoms with van der Waals surface area (Å²) < 4.78 is 0. The lowest BCUT2D eigenvalue weighted by Gasteiger charge is -2.26. The third kappa shape index (κ3) is 2.22. The molecule has 0 bridgehead atoms. The highest BCUT2D eigenvalue weighted by Crippen LogP contribution is 2.24. The molecule has 4 nitrogen and oxygen atoms in total. The molecule has 1 aliphatic rings. The number of benzene rings is 1. The zero-order valence-corrected chi connectivity index (χ0v) is 8.71. The first-order valence-electron chi connectivity index (χ1n) is 4.68. The van der Waals surface area contributed by atoms with Crippen molar-refractivity contribution in [2.24, 2.45) is 0 Å². The SMILES string of the molecule is O=C(O)NC1NCCc2cc(Cl)ccc21. The first-order chi connectivity index (χ1) is 7.16. The van der Waals surface area contributed by atoms with Crippen molar-refractivity contribution in [3.63, 3.8) is 0 Å². The number of nitrogens with one attached hydrogen (secondary N) is 2. The molecule has 2 rings (SSSR count). The standard InChI is InChI=1S/C10H11ClN2O2/c11-7-1-2-8-6(5-7)3-4-12-9(8)13-10(14)15/h1-2,5,9,12-13H,3-4H2,(H,14,15). The van der Waals surface area contributed by atoms with Gasteiger partial charge >= 0.3 is 6.09 Å². The summed E-state index contributed by atoms with van der Waals surface area (Å²) in [5.74, 6) is 0. The summed E-state index contributed by atoms with van der Waals surface area (Å²) in [7, 11) is 0. The quantitative estimate of drug-likeness (QED) is 0.684. The molecule has 1 aromatic rings. The lowest BCUT2D eigenvalue weighted by atomic mass is 9.98. The van der Waals surface area contributed by atoms with Gasteiger partial charge in [-0.3, -0.25) is 5.32 Å². The summed E-state index contributed by atoms with van der Waals surface area (Å²) in [6, 6.07) is 5.50. The van der Waals surface area contributed by atoms with E-state index in [0.29, 0.717) is 5.02 Å². The van der Waals surface area contributed by atoms with Crippen LogP contribution in [-0.4, -0.2) is 17.7 Å². The summed E-state index contributed by atoms with van der Waals surface area (Å²) in [6.45, 7) is 0.748. The maximum atomic E-state index is 10.6. The Morgan fingerprint density at radius 1 is 1.60 bits per heavy atom. The van der Waals surface area contributed by atoms with Gasteiger partial charge in [0.05, 0.1) is 0 Å². The molecule has 1 aromatic carbocycles. The van der Waals surface area contributed by atoms with E-state index >= 15 is 0 Å². The van der Waals surface area contributed by atoms with Crippen LogP contribution in [0.25, 0.3) is 0 Å².